The molecule has 0 radical (unpaired) electrons. The van der Waals surface area contributed by atoms with E-state index in [1.807, 2.05) is 60.7 Å². The van der Waals surface area contributed by atoms with Gasteiger partial charge in [0, 0.05) is 46.9 Å². The van der Waals surface area contributed by atoms with E-state index in [0.29, 0.717) is 43.0 Å². The number of fused-ring (bicyclic) bond motifs is 2. The van der Waals surface area contributed by atoms with Crippen LogP contribution in [-0.2, 0) is 4.74 Å². The summed E-state index contributed by atoms with van der Waals surface area (Å²) in [5.74, 6) is 0.740. The highest BCUT2D eigenvalue weighted by molar-refractivity contribution is 6.24. The van der Waals surface area contributed by atoms with E-state index in [4.69, 9.17) is 4.74 Å². The molecule has 2 aliphatic heterocycles. The molecule has 3 aliphatic rings. The van der Waals surface area contributed by atoms with E-state index < -0.39 is 6.04 Å². The Hall–Kier alpha value is -5.12. The quantitative estimate of drug-likeness (QED) is 0.313. The van der Waals surface area contributed by atoms with Crippen molar-refractivity contribution in [1.82, 2.24) is 10.2 Å². The fourth-order valence-corrected chi connectivity index (χ4v) is 6.06. The van der Waals surface area contributed by atoms with Crippen molar-refractivity contribution in [3.63, 3.8) is 0 Å². The second-order valence-corrected chi connectivity index (χ2v) is 10.3. The molecule has 7 rings (SSSR count). The van der Waals surface area contributed by atoms with Crippen molar-refractivity contribution in [3.8, 4) is 6.07 Å². The molecule has 4 aromatic carbocycles. The second-order valence-electron chi connectivity index (χ2n) is 10.3. The third-order valence-corrected chi connectivity index (χ3v) is 7.96. The van der Waals surface area contributed by atoms with E-state index in [0.717, 1.165) is 39.6 Å². The van der Waals surface area contributed by atoms with Crippen molar-refractivity contribution in [3.05, 3.63) is 143 Å². The van der Waals surface area contributed by atoms with Crippen LogP contribution in [0.4, 0.5) is 17.1 Å². The Bertz CT molecular complexity index is 1670. The molecule has 0 bridgehead atoms. The van der Waals surface area contributed by atoms with Gasteiger partial charge in [0.2, 0.25) is 0 Å². The van der Waals surface area contributed by atoms with Gasteiger partial charge in [-0.25, -0.2) is 0 Å². The van der Waals surface area contributed by atoms with E-state index in [1.54, 1.807) is 0 Å². The molecule has 0 amide bonds. The fraction of sp³-hybridized carbons (Fsp3) is 0.143. The summed E-state index contributed by atoms with van der Waals surface area (Å²) in [4.78, 5) is 18.2. The fourth-order valence-electron chi connectivity index (χ4n) is 6.06. The van der Waals surface area contributed by atoms with Crippen LogP contribution in [0, 0.1) is 11.3 Å². The topological polar surface area (TPSA) is 68.6 Å². The van der Waals surface area contributed by atoms with Crippen molar-refractivity contribution >= 4 is 28.4 Å². The number of benzene rings is 4. The maximum atomic E-state index is 13.8. The summed E-state index contributed by atoms with van der Waals surface area (Å²) >= 11 is 0. The first kappa shape index (κ1) is 24.9. The Morgan fingerprint density at radius 3 is 1.93 bits per heavy atom. The molecule has 0 aromatic heterocycles. The van der Waals surface area contributed by atoms with Gasteiger partial charge in [0.25, 0.3) is 0 Å². The first-order valence-electron chi connectivity index (χ1n) is 13.9. The first-order chi connectivity index (χ1) is 20.2. The summed E-state index contributed by atoms with van der Waals surface area (Å²) in [6, 6.07) is 38.6. The number of allylic oxidation sites excluding steroid dienone is 2. The van der Waals surface area contributed by atoms with Crippen LogP contribution in [0.3, 0.4) is 0 Å². The van der Waals surface area contributed by atoms with Gasteiger partial charge in [-0.1, -0.05) is 72.8 Å². The number of ether oxygens (including phenoxy) is 1. The first-order valence-corrected chi connectivity index (χ1v) is 13.9. The van der Waals surface area contributed by atoms with Crippen molar-refractivity contribution in [2.45, 2.75) is 6.04 Å². The minimum absolute atomic E-state index is 0.0267. The highest BCUT2D eigenvalue weighted by Crippen LogP contribution is 2.47. The average Bonchev–Trinajstić information content (AvgIpc) is 3.34. The Labute approximate surface area is 239 Å². The zero-order valence-electron chi connectivity index (χ0n) is 22.5. The Morgan fingerprint density at radius 2 is 1.32 bits per heavy atom. The van der Waals surface area contributed by atoms with Gasteiger partial charge in [0.05, 0.1) is 19.3 Å². The molecule has 200 valence electrons. The number of Topliss-reactive ketones (excluding diaryl/α,β-unsaturated/α-hetero) is 1. The number of para-hydroxylation sites is 2. The van der Waals surface area contributed by atoms with Crippen LogP contribution >= 0.6 is 0 Å². The molecule has 4 aromatic rings. The van der Waals surface area contributed by atoms with Gasteiger partial charge in [0.15, 0.2) is 5.78 Å². The minimum Gasteiger partial charge on any atom is -0.378 e. The SMILES string of the molecule is N#CC1=C(N2CCOCC2)NC(c2ccc(N(c3ccccc3)c3ccccc3)cc2)C2=C1c1ccccc1C2=O. The standard InChI is InChI=1S/C35H28N4O2/c36-23-30-31-28-13-7-8-14-29(28)34(40)32(31)33(37-35(30)38-19-21-41-22-20-38)24-15-17-27(18-16-24)39(25-9-3-1-4-10-25)26-11-5-2-6-12-26/h1-18,33,37H,19-22H2. The number of dihydropyridines is 1. The molecule has 1 N–H and O–H groups in total. The number of ketones is 1. The molecule has 1 aliphatic carbocycles. The van der Waals surface area contributed by atoms with Gasteiger partial charge >= 0.3 is 0 Å². The van der Waals surface area contributed by atoms with Crippen molar-refractivity contribution in [2.75, 3.05) is 31.2 Å². The molecule has 0 spiro atoms. The molecule has 1 atom stereocenters. The highest BCUT2D eigenvalue weighted by atomic mass is 16.5. The van der Waals surface area contributed by atoms with Crippen LogP contribution in [0.15, 0.2) is 126 Å². The van der Waals surface area contributed by atoms with E-state index in [1.165, 1.54) is 0 Å². The van der Waals surface area contributed by atoms with Crippen molar-refractivity contribution in [2.24, 2.45) is 0 Å². The zero-order valence-corrected chi connectivity index (χ0v) is 22.5. The highest BCUT2D eigenvalue weighted by Gasteiger charge is 2.42. The van der Waals surface area contributed by atoms with Crippen molar-refractivity contribution in [1.29, 1.82) is 5.26 Å². The van der Waals surface area contributed by atoms with Crippen LogP contribution in [0.1, 0.15) is 27.5 Å². The minimum atomic E-state index is -0.393. The number of rotatable bonds is 5. The van der Waals surface area contributed by atoms with E-state index in [2.05, 4.69) is 69.7 Å². The third-order valence-electron chi connectivity index (χ3n) is 7.96. The number of nitrogens with one attached hydrogen (secondary N) is 1. The van der Waals surface area contributed by atoms with Crippen LogP contribution in [0.25, 0.3) is 5.57 Å². The van der Waals surface area contributed by atoms with Gasteiger partial charge in [-0.05, 0) is 47.5 Å². The van der Waals surface area contributed by atoms with Crippen LogP contribution in [0.2, 0.25) is 0 Å². The number of carbonyl (C=O) groups is 1. The summed E-state index contributed by atoms with van der Waals surface area (Å²) in [6.07, 6.45) is 0. The lowest BCUT2D eigenvalue weighted by atomic mass is 9.87. The number of carbonyl (C=O) groups excluding carboxylic acids is 1. The molecular formula is C35H28N4O2. The van der Waals surface area contributed by atoms with Crippen LogP contribution in [0.5, 0.6) is 0 Å². The number of morpholine rings is 1. The largest absolute Gasteiger partial charge is 0.378 e. The van der Waals surface area contributed by atoms with Gasteiger partial charge in [-0.3, -0.25) is 4.79 Å². The van der Waals surface area contributed by atoms with Gasteiger partial charge in [0.1, 0.15) is 17.5 Å². The van der Waals surface area contributed by atoms with Gasteiger partial charge in [-0.15, -0.1) is 0 Å². The van der Waals surface area contributed by atoms with E-state index in [9.17, 15) is 10.1 Å². The van der Waals surface area contributed by atoms with Crippen LogP contribution < -0.4 is 10.2 Å². The summed E-state index contributed by atoms with van der Waals surface area (Å²) in [5.41, 5.74) is 7.48. The average molecular weight is 537 g/mol. The Kier molecular flexibility index (Phi) is 6.35. The predicted molar refractivity (Wildman–Crippen MR) is 160 cm³/mol. The normalized spacial score (nSPS) is 18.0. The molecule has 6 heteroatoms. The van der Waals surface area contributed by atoms with Crippen LogP contribution in [-0.4, -0.2) is 37.0 Å². The Morgan fingerprint density at radius 1 is 0.756 bits per heavy atom. The maximum absolute atomic E-state index is 13.8. The lowest BCUT2D eigenvalue weighted by Crippen LogP contribution is -2.44. The van der Waals surface area contributed by atoms with E-state index >= 15 is 0 Å². The summed E-state index contributed by atoms with van der Waals surface area (Å²) in [5, 5.41) is 14.0. The lowest BCUT2D eigenvalue weighted by molar-refractivity contribution is 0.0492. The second kappa shape index (κ2) is 10.5. The molecule has 41 heavy (non-hydrogen) atoms. The monoisotopic (exact) mass is 536 g/mol. The number of nitrogens with zero attached hydrogens (tertiary/aromatic N) is 3. The Balaban J connectivity index is 1.33. The number of hydrogen-bond acceptors (Lipinski definition) is 6. The third kappa shape index (κ3) is 4.28. The van der Waals surface area contributed by atoms with E-state index in [-0.39, 0.29) is 5.78 Å². The maximum Gasteiger partial charge on any atom is 0.192 e. The predicted octanol–water partition coefficient (Wildman–Crippen LogP) is 6.52. The molecule has 6 nitrogen and oxygen atoms in total. The molecular weight excluding hydrogens is 508 g/mol. The smallest absolute Gasteiger partial charge is 0.192 e. The summed E-state index contributed by atoms with van der Waals surface area (Å²) in [6.45, 7) is 2.56. The van der Waals surface area contributed by atoms with Crippen molar-refractivity contribution < 1.29 is 9.53 Å². The molecule has 0 saturated carbocycles. The number of anilines is 3. The van der Waals surface area contributed by atoms with Gasteiger partial charge in [-0.2, -0.15) is 5.26 Å². The zero-order chi connectivity index (χ0) is 27.8. The molecule has 1 unspecified atom stereocenters. The molecule has 1 fully saturated rings. The molecule has 2 heterocycles. The number of hydrogen-bond donors (Lipinski definition) is 1. The summed E-state index contributed by atoms with van der Waals surface area (Å²) in [7, 11) is 0. The summed E-state index contributed by atoms with van der Waals surface area (Å²) < 4.78 is 5.59. The number of nitriles is 1. The molecule has 1 saturated heterocycles. The lowest BCUT2D eigenvalue weighted by Gasteiger charge is -2.37. The van der Waals surface area contributed by atoms with Gasteiger partial charge < -0.3 is 19.9 Å².